The minimum Gasteiger partial charge on any atom is -0.508 e. The van der Waals surface area contributed by atoms with Gasteiger partial charge in [-0.1, -0.05) is 0 Å². The molecule has 112 valence electrons. The Labute approximate surface area is 126 Å². The maximum atomic E-state index is 12.1. The first-order chi connectivity index (χ1) is 10.6. The Morgan fingerprint density at radius 3 is 2.50 bits per heavy atom. The van der Waals surface area contributed by atoms with Crippen molar-refractivity contribution in [2.75, 3.05) is 6.61 Å². The number of benzene rings is 2. The Balaban J connectivity index is 2.13. The van der Waals surface area contributed by atoms with Gasteiger partial charge in [-0.05, 0) is 31.2 Å². The van der Waals surface area contributed by atoms with Crippen LogP contribution in [0.5, 0.6) is 17.2 Å². The first kappa shape index (κ1) is 14.0. The van der Waals surface area contributed by atoms with Crippen molar-refractivity contribution in [3.05, 3.63) is 52.7 Å². The highest BCUT2D eigenvalue weighted by atomic mass is 16.5. The van der Waals surface area contributed by atoms with Crippen LogP contribution < -0.4 is 10.2 Å². The molecule has 1 aromatic heterocycles. The van der Waals surface area contributed by atoms with Gasteiger partial charge in [0, 0.05) is 23.8 Å². The van der Waals surface area contributed by atoms with Crippen molar-refractivity contribution >= 4 is 11.0 Å². The molecule has 0 spiro atoms. The van der Waals surface area contributed by atoms with Gasteiger partial charge in [0.1, 0.15) is 34.0 Å². The van der Waals surface area contributed by atoms with Gasteiger partial charge in [0.25, 0.3) is 0 Å². The molecule has 0 atom stereocenters. The van der Waals surface area contributed by atoms with Crippen LogP contribution in [0.25, 0.3) is 22.3 Å². The van der Waals surface area contributed by atoms with Gasteiger partial charge in [-0.2, -0.15) is 0 Å². The van der Waals surface area contributed by atoms with Crippen molar-refractivity contribution in [3.63, 3.8) is 0 Å². The molecular weight excluding hydrogens is 284 g/mol. The Morgan fingerprint density at radius 2 is 1.82 bits per heavy atom. The molecule has 0 aliphatic rings. The molecule has 2 N–H and O–H groups in total. The molecular formula is C17H14O5. The minimum atomic E-state index is -0.373. The summed E-state index contributed by atoms with van der Waals surface area (Å²) in [5, 5.41) is 19.3. The van der Waals surface area contributed by atoms with E-state index in [1.807, 2.05) is 6.92 Å². The molecule has 5 heteroatoms. The van der Waals surface area contributed by atoms with E-state index in [0.29, 0.717) is 17.9 Å². The van der Waals surface area contributed by atoms with Gasteiger partial charge in [-0.3, -0.25) is 4.79 Å². The van der Waals surface area contributed by atoms with Gasteiger partial charge in [-0.15, -0.1) is 0 Å². The van der Waals surface area contributed by atoms with Crippen molar-refractivity contribution in [1.82, 2.24) is 0 Å². The maximum absolute atomic E-state index is 12.1. The van der Waals surface area contributed by atoms with Crippen molar-refractivity contribution < 1.29 is 19.4 Å². The quantitative estimate of drug-likeness (QED) is 0.775. The van der Waals surface area contributed by atoms with Crippen molar-refractivity contribution in [1.29, 1.82) is 0 Å². The zero-order valence-electron chi connectivity index (χ0n) is 11.9. The normalized spacial score (nSPS) is 10.8. The number of phenols is 2. The Kier molecular flexibility index (Phi) is 3.47. The first-order valence-corrected chi connectivity index (χ1v) is 6.81. The molecule has 3 rings (SSSR count). The third-order valence-corrected chi connectivity index (χ3v) is 3.24. The van der Waals surface area contributed by atoms with Gasteiger partial charge in [0.05, 0.1) is 6.61 Å². The second-order valence-electron chi connectivity index (χ2n) is 4.77. The molecule has 3 aromatic rings. The minimum absolute atomic E-state index is 0.0486. The third-order valence-electron chi connectivity index (χ3n) is 3.24. The summed E-state index contributed by atoms with van der Waals surface area (Å²) in [6.07, 6.45) is 0. The molecule has 0 radical (unpaired) electrons. The van der Waals surface area contributed by atoms with Gasteiger partial charge >= 0.3 is 0 Å². The standard InChI is InChI=1S/C17H14O5/c1-2-21-12-5-3-10(4-6-12)15-9-14(20)17-13(19)7-11(18)8-16(17)22-15/h3-9,18-19H,2H2,1H3. The molecule has 22 heavy (non-hydrogen) atoms. The van der Waals surface area contributed by atoms with Crippen LogP contribution in [0.1, 0.15) is 6.92 Å². The highest BCUT2D eigenvalue weighted by Gasteiger charge is 2.12. The van der Waals surface area contributed by atoms with Crippen molar-refractivity contribution in [2.24, 2.45) is 0 Å². The van der Waals surface area contributed by atoms with E-state index in [9.17, 15) is 15.0 Å². The molecule has 0 unspecified atom stereocenters. The monoisotopic (exact) mass is 298 g/mol. The maximum Gasteiger partial charge on any atom is 0.197 e. The Bertz CT molecular complexity index is 878. The highest BCUT2D eigenvalue weighted by molar-refractivity contribution is 5.85. The van der Waals surface area contributed by atoms with E-state index in [-0.39, 0.29) is 27.9 Å². The van der Waals surface area contributed by atoms with Crippen LogP contribution in [0.4, 0.5) is 0 Å². The van der Waals surface area contributed by atoms with Crippen LogP contribution in [0, 0.1) is 0 Å². The molecule has 0 aliphatic heterocycles. The lowest BCUT2D eigenvalue weighted by Crippen LogP contribution is -2.00. The van der Waals surface area contributed by atoms with Crippen LogP contribution in [0.2, 0.25) is 0 Å². The molecule has 5 nitrogen and oxygen atoms in total. The van der Waals surface area contributed by atoms with Crippen LogP contribution in [0.15, 0.2) is 51.7 Å². The molecule has 2 aromatic carbocycles. The third kappa shape index (κ3) is 2.48. The topological polar surface area (TPSA) is 79.9 Å². The number of fused-ring (bicyclic) bond motifs is 1. The lowest BCUT2D eigenvalue weighted by Gasteiger charge is -2.06. The van der Waals surface area contributed by atoms with Crippen molar-refractivity contribution in [2.45, 2.75) is 6.92 Å². The van der Waals surface area contributed by atoms with Gasteiger partial charge in [-0.25, -0.2) is 0 Å². The summed E-state index contributed by atoms with van der Waals surface area (Å²) in [5.41, 5.74) is 0.460. The number of rotatable bonds is 3. The molecule has 0 amide bonds. The van der Waals surface area contributed by atoms with Crippen LogP contribution >= 0.6 is 0 Å². The van der Waals surface area contributed by atoms with Crippen LogP contribution in [-0.2, 0) is 0 Å². The van der Waals surface area contributed by atoms with E-state index in [1.54, 1.807) is 24.3 Å². The summed E-state index contributed by atoms with van der Waals surface area (Å²) in [6, 6.07) is 10.8. The summed E-state index contributed by atoms with van der Waals surface area (Å²) < 4.78 is 11.0. The lowest BCUT2D eigenvalue weighted by molar-refractivity contribution is 0.340. The number of hydrogen-bond donors (Lipinski definition) is 2. The van der Waals surface area contributed by atoms with E-state index < -0.39 is 0 Å². The van der Waals surface area contributed by atoms with Gasteiger partial charge in [0.2, 0.25) is 0 Å². The fraction of sp³-hybridized carbons (Fsp3) is 0.118. The van der Waals surface area contributed by atoms with Gasteiger partial charge in [0.15, 0.2) is 5.43 Å². The number of ether oxygens (including phenoxy) is 1. The lowest BCUT2D eigenvalue weighted by atomic mass is 10.1. The zero-order valence-corrected chi connectivity index (χ0v) is 11.9. The largest absolute Gasteiger partial charge is 0.508 e. The Hall–Kier alpha value is -2.95. The molecule has 0 saturated carbocycles. The summed E-state index contributed by atoms with van der Waals surface area (Å²) in [7, 11) is 0. The Morgan fingerprint density at radius 1 is 1.09 bits per heavy atom. The smallest absolute Gasteiger partial charge is 0.197 e. The van der Waals surface area contributed by atoms with E-state index >= 15 is 0 Å². The molecule has 0 bridgehead atoms. The average molecular weight is 298 g/mol. The second-order valence-corrected chi connectivity index (χ2v) is 4.77. The van der Waals surface area contributed by atoms with Crippen LogP contribution in [0.3, 0.4) is 0 Å². The molecule has 0 saturated heterocycles. The highest BCUT2D eigenvalue weighted by Crippen LogP contribution is 2.30. The molecule has 0 fully saturated rings. The van der Waals surface area contributed by atoms with Crippen molar-refractivity contribution in [3.8, 4) is 28.6 Å². The fourth-order valence-corrected chi connectivity index (χ4v) is 2.28. The summed E-state index contributed by atoms with van der Waals surface area (Å²) >= 11 is 0. The average Bonchev–Trinajstić information content (AvgIpc) is 2.47. The number of phenolic OH excluding ortho intramolecular Hbond substituents is 2. The fourth-order valence-electron chi connectivity index (χ4n) is 2.28. The van der Waals surface area contributed by atoms with E-state index in [2.05, 4.69) is 0 Å². The van der Waals surface area contributed by atoms with Gasteiger partial charge < -0.3 is 19.4 Å². The SMILES string of the molecule is CCOc1ccc(-c2cc(=O)c3c(O)cc(O)cc3o2)cc1. The van der Waals surface area contributed by atoms with E-state index in [1.165, 1.54) is 12.1 Å². The van der Waals surface area contributed by atoms with E-state index in [0.717, 1.165) is 11.8 Å². The van der Waals surface area contributed by atoms with Crippen LogP contribution in [-0.4, -0.2) is 16.8 Å². The predicted molar refractivity (Wildman–Crippen MR) is 82.4 cm³/mol. The predicted octanol–water partition coefficient (Wildman–Crippen LogP) is 3.27. The zero-order chi connectivity index (χ0) is 15.7. The first-order valence-electron chi connectivity index (χ1n) is 6.81. The summed E-state index contributed by atoms with van der Waals surface area (Å²) in [4.78, 5) is 12.1. The summed E-state index contributed by atoms with van der Waals surface area (Å²) in [6.45, 7) is 2.47. The molecule has 0 aliphatic carbocycles. The van der Waals surface area contributed by atoms with E-state index in [4.69, 9.17) is 9.15 Å². The summed E-state index contributed by atoms with van der Waals surface area (Å²) in [5.74, 6) is 0.606. The second kappa shape index (κ2) is 5.44. The number of aromatic hydroxyl groups is 2. The molecule has 1 heterocycles. The number of hydrogen-bond acceptors (Lipinski definition) is 5.